The molecule has 0 aliphatic carbocycles. The molecular formula is C25H38N6O8PSi+. The van der Waals surface area contributed by atoms with Crippen LogP contribution >= 0.6 is 8.25 Å². The lowest BCUT2D eigenvalue weighted by Crippen LogP contribution is -2.50. The highest BCUT2D eigenvalue weighted by Gasteiger charge is 2.54. The molecule has 1 saturated heterocycles. The van der Waals surface area contributed by atoms with Crippen molar-refractivity contribution in [2.45, 2.75) is 77.3 Å². The second kappa shape index (κ2) is 13.4. The zero-order valence-electron chi connectivity index (χ0n) is 24.2. The quantitative estimate of drug-likeness (QED) is 0.251. The molecule has 1 aliphatic rings. The molecule has 3 aromatic rings. The van der Waals surface area contributed by atoms with Crippen molar-refractivity contribution < 1.29 is 38.0 Å². The van der Waals surface area contributed by atoms with Gasteiger partial charge < -0.3 is 19.2 Å². The van der Waals surface area contributed by atoms with Crippen LogP contribution in [0.2, 0.25) is 18.1 Å². The summed E-state index contributed by atoms with van der Waals surface area (Å²) >= 11 is 0. The summed E-state index contributed by atoms with van der Waals surface area (Å²) in [5.41, 5.74) is -0.612. The molecule has 4 rings (SSSR count). The molecule has 224 valence electrons. The Labute approximate surface area is 239 Å². The van der Waals surface area contributed by atoms with Crippen LogP contribution in [0.4, 0.5) is 5.95 Å². The van der Waals surface area contributed by atoms with Crippen molar-refractivity contribution in [3.63, 3.8) is 0 Å². The van der Waals surface area contributed by atoms with Crippen LogP contribution in [0.3, 0.4) is 0 Å². The highest BCUT2D eigenvalue weighted by atomic mass is 31.1. The van der Waals surface area contributed by atoms with Crippen LogP contribution in [0.1, 0.15) is 40.8 Å². The molecule has 4 N–H and O–H groups in total. The number of aromatic nitrogens is 5. The lowest BCUT2D eigenvalue weighted by atomic mass is 10.1. The number of carbonyl (C=O) groups excluding carboxylic acids is 1. The van der Waals surface area contributed by atoms with Crippen molar-refractivity contribution in [2.75, 3.05) is 11.9 Å². The van der Waals surface area contributed by atoms with Gasteiger partial charge in [0.2, 0.25) is 11.9 Å². The average Bonchev–Trinajstić information content (AvgIpc) is 3.45. The Morgan fingerprint density at radius 2 is 1.95 bits per heavy atom. The average molecular weight is 610 g/mol. The van der Waals surface area contributed by atoms with E-state index >= 15 is 0 Å². The van der Waals surface area contributed by atoms with E-state index in [0.29, 0.717) is 0 Å². The van der Waals surface area contributed by atoms with Gasteiger partial charge in [0.25, 0.3) is 5.56 Å². The molecule has 16 heteroatoms. The van der Waals surface area contributed by atoms with E-state index in [1.807, 2.05) is 64.5 Å². The number of anilines is 1. The lowest BCUT2D eigenvalue weighted by molar-refractivity contribution is -0.377. The van der Waals surface area contributed by atoms with E-state index in [0.717, 1.165) is 0 Å². The monoisotopic (exact) mass is 609 g/mol. The number of amides is 1. The highest BCUT2D eigenvalue weighted by molar-refractivity contribution is 7.30. The van der Waals surface area contributed by atoms with Crippen molar-refractivity contribution in [1.82, 2.24) is 19.5 Å². The summed E-state index contributed by atoms with van der Waals surface area (Å²) in [6, 6.07) is 5.86. The summed E-state index contributed by atoms with van der Waals surface area (Å²) in [5.74, 6) is -0.812. The van der Waals surface area contributed by atoms with Gasteiger partial charge in [0, 0.05) is 18.1 Å². The molecule has 0 bridgehead atoms. The predicted octanol–water partition coefficient (Wildman–Crippen LogP) is 1.90. The number of rotatable bonds is 8. The van der Waals surface area contributed by atoms with E-state index in [1.165, 1.54) is 10.9 Å². The van der Waals surface area contributed by atoms with Gasteiger partial charge in [-0.3, -0.25) is 24.5 Å². The number of H-pyrrole nitrogens is 2. The number of aliphatic hydroxyl groups excluding tert-OH is 1. The Balaban J connectivity index is 0.000000681. The second-order valence-corrected chi connectivity index (χ2v) is 16.8. The molecular weight excluding hydrogens is 571 g/mol. The number of carbonyl (C=O) groups is 1. The van der Waals surface area contributed by atoms with Gasteiger partial charge in [-0.1, -0.05) is 40.7 Å². The fraction of sp³-hybridized carbons (Fsp3) is 0.560. The first kappa shape index (κ1) is 32.6. The first-order valence-corrected chi connectivity index (χ1v) is 17.1. The number of aromatic amines is 2. The molecule has 0 spiro atoms. The van der Waals surface area contributed by atoms with Gasteiger partial charge in [-0.25, -0.2) is 9.97 Å². The fourth-order valence-corrected chi connectivity index (χ4v) is 5.47. The maximum absolute atomic E-state index is 12.6. The van der Waals surface area contributed by atoms with E-state index in [9.17, 15) is 24.2 Å². The van der Waals surface area contributed by atoms with Gasteiger partial charge in [0.05, 0.1) is 12.9 Å². The minimum absolute atomic E-state index is 0.0391. The first-order valence-electron chi connectivity index (χ1n) is 13.1. The summed E-state index contributed by atoms with van der Waals surface area (Å²) < 4.78 is 30.6. The molecule has 1 unspecified atom stereocenters. The van der Waals surface area contributed by atoms with Crippen molar-refractivity contribution in [1.29, 1.82) is 0 Å². The van der Waals surface area contributed by atoms with Crippen LogP contribution in [-0.2, 0) is 23.0 Å². The minimum atomic E-state index is -3.31. The van der Waals surface area contributed by atoms with Gasteiger partial charge in [0.15, 0.2) is 44.2 Å². The van der Waals surface area contributed by atoms with Crippen LogP contribution in [-0.4, -0.2) is 63.8 Å². The zero-order valence-corrected chi connectivity index (χ0v) is 26.0. The van der Waals surface area contributed by atoms with Crippen molar-refractivity contribution >= 4 is 39.6 Å². The Morgan fingerprint density at radius 3 is 2.44 bits per heavy atom. The second-order valence-electron chi connectivity index (χ2n) is 11.3. The predicted molar refractivity (Wildman–Crippen MR) is 150 cm³/mol. The molecule has 0 saturated carbocycles. The van der Waals surface area contributed by atoms with Crippen LogP contribution in [0.5, 0.6) is 0 Å². The number of aliphatic hydroxyl groups is 1. The Bertz CT molecular complexity index is 1370. The number of fused-ring (bicyclic) bond motifs is 1. The standard InChI is InChI=1S/C20H32N5O8PSi.C5H5N/c1-10(2)16(27)23-19-22-15-12(17(28)24-19)21-9-25(15)18-14(32-34(29)30)13(11(8-26)31-18)33-35(6,7)20(3,4)5;1-2-4-6-5-3-1/h9-11,13-14,18,26H,8H2,1-7H3,(H2,22,23,24,27,28);1-5H/p+1/t11-,13-,14+,18-;/m1./s1. The van der Waals surface area contributed by atoms with Crippen LogP contribution in [0, 0.1) is 5.92 Å². The van der Waals surface area contributed by atoms with E-state index in [1.54, 1.807) is 13.8 Å². The lowest BCUT2D eigenvalue weighted by Gasteiger charge is -2.39. The smallest absolute Gasteiger partial charge is 0.489 e. The maximum atomic E-state index is 12.6. The molecule has 1 fully saturated rings. The SMILES string of the molecule is CC(C)C(=O)Nc1nc2c(ncn2[C@@H]2O[C@H](CO)[C@@H](O[Si](C)(C)C(C)(C)C)[C@@H]2O[P+](=O)[O-])c(=O)[nH]1.c1cc[nH+]cc1. The van der Waals surface area contributed by atoms with Crippen LogP contribution in [0.25, 0.3) is 11.2 Å². The number of ether oxygens (including phenoxy) is 1. The summed E-state index contributed by atoms with van der Waals surface area (Å²) in [7, 11) is -5.76. The fourth-order valence-electron chi connectivity index (χ4n) is 3.72. The first-order chi connectivity index (χ1) is 19.2. The molecule has 0 radical (unpaired) electrons. The number of nitrogens with zero attached hydrogens (tertiary/aromatic N) is 3. The normalized spacial score (nSPS) is 21.5. The van der Waals surface area contributed by atoms with Crippen molar-refractivity contribution in [3.8, 4) is 0 Å². The zero-order chi connectivity index (χ0) is 30.5. The molecule has 14 nitrogen and oxygen atoms in total. The van der Waals surface area contributed by atoms with E-state index < -0.39 is 53.3 Å². The van der Waals surface area contributed by atoms with Gasteiger partial charge >= 0.3 is 8.25 Å². The summed E-state index contributed by atoms with van der Waals surface area (Å²) in [4.78, 5) is 50.0. The molecule has 3 aromatic heterocycles. The van der Waals surface area contributed by atoms with E-state index in [2.05, 4.69) is 25.3 Å². The van der Waals surface area contributed by atoms with E-state index in [-0.39, 0.29) is 34.0 Å². The van der Waals surface area contributed by atoms with Crippen molar-refractivity contribution in [2.24, 2.45) is 5.92 Å². The Kier molecular flexibility index (Phi) is 10.6. The number of hydrogen-bond donors (Lipinski definition) is 3. The Hall–Kier alpha value is -2.91. The van der Waals surface area contributed by atoms with Crippen LogP contribution in [0.15, 0.2) is 41.7 Å². The Morgan fingerprint density at radius 1 is 1.29 bits per heavy atom. The maximum Gasteiger partial charge on any atom is 0.489 e. The number of imidazole rings is 1. The molecule has 1 aliphatic heterocycles. The number of hydrogen-bond acceptors (Lipinski definition) is 10. The third kappa shape index (κ3) is 7.89. The molecule has 1 amide bonds. The van der Waals surface area contributed by atoms with Gasteiger partial charge in [-0.2, -0.15) is 4.98 Å². The van der Waals surface area contributed by atoms with Gasteiger partial charge in [-0.15, -0.1) is 4.52 Å². The number of pyridine rings is 1. The van der Waals surface area contributed by atoms with Crippen molar-refractivity contribution in [3.05, 3.63) is 47.3 Å². The highest BCUT2D eigenvalue weighted by Crippen LogP contribution is 2.43. The van der Waals surface area contributed by atoms with Gasteiger partial charge in [-0.05, 0) is 22.7 Å². The summed E-state index contributed by atoms with van der Waals surface area (Å²) in [6.07, 6.45) is 0.868. The molecule has 41 heavy (non-hydrogen) atoms. The molecule has 5 atom stereocenters. The third-order valence-corrected chi connectivity index (χ3v) is 11.9. The largest absolute Gasteiger partial charge is 0.566 e. The van der Waals surface area contributed by atoms with E-state index in [4.69, 9.17) is 13.7 Å². The third-order valence-electron chi connectivity index (χ3n) is 6.99. The van der Waals surface area contributed by atoms with Crippen LogP contribution < -0.4 is 20.8 Å². The number of nitrogens with one attached hydrogen (secondary N) is 3. The molecule has 4 heterocycles. The molecule has 0 aromatic carbocycles. The minimum Gasteiger partial charge on any atom is -0.566 e. The summed E-state index contributed by atoms with van der Waals surface area (Å²) in [6.45, 7) is 13.0. The topological polar surface area (TPSA) is 195 Å². The van der Waals surface area contributed by atoms with Gasteiger partial charge in [0.1, 0.15) is 12.2 Å². The summed E-state index contributed by atoms with van der Waals surface area (Å²) in [5, 5.41) is 12.3.